The van der Waals surface area contributed by atoms with Crippen LogP contribution in [0.2, 0.25) is 0 Å². The zero-order chi connectivity index (χ0) is 23.4. The second-order valence-electron chi connectivity index (χ2n) is 7.38. The summed E-state index contributed by atoms with van der Waals surface area (Å²) in [5.41, 5.74) is 2.20. The van der Waals surface area contributed by atoms with Crippen LogP contribution in [0.1, 0.15) is 5.56 Å². The summed E-state index contributed by atoms with van der Waals surface area (Å²) in [6.45, 7) is 1.40. The lowest BCUT2D eigenvalue weighted by molar-refractivity contribution is -0.387. The highest BCUT2D eigenvalue weighted by molar-refractivity contribution is 7.99. The molecule has 0 bridgehead atoms. The number of nitro groups is 1. The molecule has 3 aromatic carbocycles. The van der Waals surface area contributed by atoms with Gasteiger partial charge in [-0.05, 0) is 42.0 Å². The van der Waals surface area contributed by atoms with Crippen molar-refractivity contribution in [3.63, 3.8) is 0 Å². The summed E-state index contributed by atoms with van der Waals surface area (Å²) in [5.74, 6) is -1.28. The van der Waals surface area contributed by atoms with Gasteiger partial charge >= 0.3 is 0 Å². The van der Waals surface area contributed by atoms with Crippen molar-refractivity contribution < 1.29 is 18.4 Å². The maximum absolute atomic E-state index is 13.8. The van der Waals surface area contributed by atoms with Gasteiger partial charge in [0.2, 0.25) is 0 Å². The molecule has 9 heteroatoms. The predicted octanol–water partition coefficient (Wildman–Crippen LogP) is 6.09. The van der Waals surface area contributed by atoms with Crippen molar-refractivity contribution in [3.05, 3.63) is 94.2 Å². The molecular weight excluding hydrogens is 448 g/mol. The van der Waals surface area contributed by atoms with Crippen LogP contribution in [-0.2, 0) is 11.3 Å². The fourth-order valence-electron chi connectivity index (χ4n) is 3.59. The van der Waals surface area contributed by atoms with Gasteiger partial charge in [0.1, 0.15) is 11.6 Å². The number of nitrogens with one attached hydrogen (secondary N) is 1. The van der Waals surface area contributed by atoms with E-state index >= 15 is 0 Å². The maximum Gasteiger partial charge on any atom is 0.283 e. The minimum Gasteiger partial charge on any atom is -0.383 e. The Morgan fingerprint density at radius 1 is 1.06 bits per heavy atom. The summed E-state index contributed by atoms with van der Waals surface area (Å²) in [6.07, 6.45) is 1.85. The predicted molar refractivity (Wildman–Crippen MR) is 125 cm³/mol. The van der Waals surface area contributed by atoms with E-state index in [4.69, 9.17) is 4.74 Å². The van der Waals surface area contributed by atoms with E-state index in [0.717, 1.165) is 27.6 Å². The molecule has 0 aliphatic carbocycles. The largest absolute Gasteiger partial charge is 0.383 e. The average Bonchev–Trinajstić information content (AvgIpc) is 3.10. The second kappa shape index (κ2) is 10.0. The highest BCUT2D eigenvalue weighted by atomic mass is 32.2. The molecule has 0 saturated carbocycles. The second-order valence-corrected chi connectivity index (χ2v) is 8.46. The van der Waals surface area contributed by atoms with Crippen LogP contribution in [0.5, 0.6) is 0 Å². The van der Waals surface area contributed by atoms with Crippen LogP contribution in [0, 0.1) is 21.7 Å². The summed E-state index contributed by atoms with van der Waals surface area (Å²) >= 11 is 1.29. The molecule has 0 aliphatic heterocycles. The first kappa shape index (κ1) is 22.8. The van der Waals surface area contributed by atoms with Crippen LogP contribution in [0.25, 0.3) is 10.9 Å². The highest BCUT2D eigenvalue weighted by Gasteiger charge is 2.17. The van der Waals surface area contributed by atoms with E-state index in [1.165, 1.54) is 30.0 Å². The third kappa shape index (κ3) is 5.32. The van der Waals surface area contributed by atoms with E-state index in [-0.39, 0.29) is 12.2 Å². The van der Waals surface area contributed by atoms with Gasteiger partial charge in [0.25, 0.3) is 5.69 Å². The third-order valence-electron chi connectivity index (χ3n) is 5.04. The van der Waals surface area contributed by atoms with Gasteiger partial charge < -0.3 is 14.6 Å². The summed E-state index contributed by atoms with van der Waals surface area (Å²) in [7, 11) is 1.63. The van der Waals surface area contributed by atoms with Gasteiger partial charge in [-0.1, -0.05) is 23.9 Å². The number of rotatable bonds is 9. The van der Waals surface area contributed by atoms with Crippen LogP contribution in [0.3, 0.4) is 0 Å². The Balaban J connectivity index is 1.76. The monoisotopic (exact) mass is 469 g/mol. The topological polar surface area (TPSA) is 69.3 Å². The first-order valence-corrected chi connectivity index (χ1v) is 11.0. The van der Waals surface area contributed by atoms with Gasteiger partial charge in [0.15, 0.2) is 0 Å². The minimum absolute atomic E-state index is 0.0217. The Labute approximate surface area is 193 Å². The molecule has 170 valence electrons. The van der Waals surface area contributed by atoms with Crippen LogP contribution >= 0.6 is 11.8 Å². The van der Waals surface area contributed by atoms with Crippen molar-refractivity contribution in [3.8, 4) is 0 Å². The third-order valence-corrected chi connectivity index (χ3v) is 6.15. The number of ether oxygens (including phenoxy) is 1. The Kier molecular flexibility index (Phi) is 6.90. The molecule has 1 aromatic heterocycles. The van der Waals surface area contributed by atoms with Gasteiger partial charge in [-0.3, -0.25) is 10.1 Å². The number of anilines is 1. The molecule has 0 amide bonds. The molecule has 33 heavy (non-hydrogen) atoms. The van der Waals surface area contributed by atoms with Crippen LogP contribution in [0.4, 0.5) is 20.2 Å². The van der Waals surface area contributed by atoms with Crippen molar-refractivity contribution in [2.24, 2.45) is 0 Å². The fraction of sp³-hybridized carbons (Fsp3) is 0.167. The molecule has 0 radical (unpaired) electrons. The van der Waals surface area contributed by atoms with Crippen molar-refractivity contribution in [2.75, 3.05) is 25.6 Å². The summed E-state index contributed by atoms with van der Waals surface area (Å²) in [6, 6.07) is 15.8. The SMILES string of the molecule is COCCNc1ccc2c(Sc3ccccc3[N+](=O)[O-])cn(Cc3cc(F)cc(F)c3)c2c1. The normalized spacial score (nSPS) is 11.1. The Bertz CT molecular complexity index is 1290. The number of aromatic nitrogens is 1. The molecule has 0 spiro atoms. The molecule has 4 rings (SSSR count). The minimum atomic E-state index is -0.641. The van der Waals surface area contributed by atoms with E-state index in [2.05, 4.69) is 5.32 Å². The molecule has 0 saturated heterocycles. The maximum atomic E-state index is 13.8. The number of nitrogens with zero attached hydrogens (tertiary/aromatic N) is 2. The molecular formula is C24H21F2N3O3S. The number of para-hydroxylation sites is 1. The Morgan fingerprint density at radius 2 is 1.82 bits per heavy atom. The molecule has 0 atom stereocenters. The number of nitro benzene ring substituents is 1. The molecule has 1 heterocycles. The Morgan fingerprint density at radius 3 is 2.55 bits per heavy atom. The van der Waals surface area contributed by atoms with E-state index < -0.39 is 16.6 Å². The standard InChI is InChI=1S/C24H21F2N3O3S/c1-32-9-8-27-19-6-7-20-22(13-19)28(14-16-10-17(25)12-18(26)11-16)15-24(20)33-23-5-3-2-4-21(23)29(30)31/h2-7,10-13,15,27H,8-9,14H2,1H3. The number of halogens is 2. The number of hydrogen-bond donors (Lipinski definition) is 1. The summed E-state index contributed by atoms with van der Waals surface area (Å²) in [4.78, 5) is 12.4. The van der Waals surface area contributed by atoms with Gasteiger partial charge in [0.05, 0.1) is 21.9 Å². The van der Waals surface area contributed by atoms with Crippen LogP contribution in [-0.4, -0.2) is 29.8 Å². The zero-order valence-electron chi connectivity index (χ0n) is 17.8. The van der Waals surface area contributed by atoms with Crippen molar-refractivity contribution in [2.45, 2.75) is 16.3 Å². The average molecular weight is 470 g/mol. The fourth-order valence-corrected chi connectivity index (χ4v) is 4.68. The van der Waals surface area contributed by atoms with Crippen molar-refractivity contribution in [1.29, 1.82) is 0 Å². The molecule has 0 aliphatic rings. The summed E-state index contributed by atoms with van der Waals surface area (Å²) < 4.78 is 34.5. The lowest BCUT2D eigenvalue weighted by Crippen LogP contribution is -2.07. The highest BCUT2D eigenvalue weighted by Crippen LogP contribution is 2.40. The van der Waals surface area contributed by atoms with Gasteiger partial charge in [-0.2, -0.15) is 0 Å². The molecule has 0 unspecified atom stereocenters. The Hall–Kier alpha value is -3.43. The number of benzene rings is 3. The number of hydrogen-bond acceptors (Lipinski definition) is 5. The first-order chi connectivity index (χ1) is 15.9. The molecule has 1 N–H and O–H groups in total. The molecule has 4 aromatic rings. The number of fused-ring (bicyclic) bond motifs is 1. The van der Waals surface area contributed by atoms with Crippen LogP contribution in [0.15, 0.2) is 76.7 Å². The van der Waals surface area contributed by atoms with Gasteiger partial charge in [-0.15, -0.1) is 0 Å². The van der Waals surface area contributed by atoms with Crippen LogP contribution < -0.4 is 5.32 Å². The van der Waals surface area contributed by atoms with E-state index in [9.17, 15) is 18.9 Å². The van der Waals surface area contributed by atoms with Gasteiger partial charge in [0, 0.05) is 54.5 Å². The lowest BCUT2D eigenvalue weighted by Gasteiger charge is -2.09. The smallest absolute Gasteiger partial charge is 0.283 e. The van der Waals surface area contributed by atoms with E-state index in [1.807, 2.05) is 29.0 Å². The first-order valence-electron chi connectivity index (χ1n) is 10.2. The molecule has 6 nitrogen and oxygen atoms in total. The zero-order valence-corrected chi connectivity index (χ0v) is 18.6. The van der Waals surface area contributed by atoms with E-state index in [0.29, 0.717) is 23.6 Å². The molecule has 0 fully saturated rings. The van der Waals surface area contributed by atoms with Gasteiger partial charge in [-0.25, -0.2) is 8.78 Å². The quantitative estimate of drug-likeness (QED) is 0.183. The lowest BCUT2D eigenvalue weighted by atomic mass is 10.2. The van der Waals surface area contributed by atoms with Crippen molar-refractivity contribution >= 4 is 34.0 Å². The van der Waals surface area contributed by atoms with E-state index in [1.54, 1.807) is 25.3 Å². The summed E-state index contributed by atoms with van der Waals surface area (Å²) in [5, 5.41) is 15.6. The van der Waals surface area contributed by atoms with Crippen molar-refractivity contribution in [1.82, 2.24) is 4.57 Å². The number of methoxy groups -OCH3 is 1.